The van der Waals surface area contributed by atoms with Crippen molar-refractivity contribution >= 4 is 11.7 Å². The molecule has 2 N–H and O–H groups in total. The van der Waals surface area contributed by atoms with Gasteiger partial charge in [-0.2, -0.15) is 0 Å². The molecular formula is C19H26N6O. The number of urea groups is 1. The molecule has 3 heterocycles. The van der Waals surface area contributed by atoms with E-state index in [1.165, 1.54) is 0 Å². The van der Waals surface area contributed by atoms with Gasteiger partial charge in [0, 0.05) is 36.3 Å². The number of rotatable bonds is 3. The number of aryl methyl sites for hydroxylation is 1. The van der Waals surface area contributed by atoms with Gasteiger partial charge in [0.25, 0.3) is 0 Å². The molecule has 0 spiro atoms. The molecule has 1 aromatic carbocycles. The van der Waals surface area contributed by atoms with Crippen molar-refractivity contribution in [2.75, 3.05) is 18.9 Å². The monoisotopic (exact) mass is 354 g/mol. The molecule has 0 saturated carbocycles. The number of carbonyl (C=O) groups excluding carboxylic acids is 1. The summed E-state index contributed by atoms with van der Waals surface area (Å²) in [5.74, 6) is 1.93. The summed E-state index contributed by atoms with van der Waals surface area (Å²) in [5.41, 5.74) is 1.75. The number of nitrogens with zero attached hydrogens (tertiary/aromatic N) is 4. The average molecular weight is 354 g/mol. The van der Waals surface area contributed by atoms with E-state index in [0.717, 1.165) is 61.7 Å². The van der Waals surface area contributed by atoms with Crippen LogP contribution in [0.1, 0.15) is 32.0 Å². The molecule has 1 saturated heterocycles. The van der Waals surface area contributed by atoms with E-state index in [2.05, 4.69) is 44.3 Å². The minimum absolute atomic E-state index is 0.152. The first-order valence-electron chi connectivity index (χ1n) is 9.42. The lowest BCUT2D eigenvalue weighted by Crippen LogP contribution is -2.53. The summed E-state index contributed by atoms with van der Waals surface area (Å²) < 4.78 is 2.17. The quantitative estimate of drug-likeness (QED) is 0.888. The second kappa shape index (κ2) is 7.07. The van der Waals surface area contributed by atoms with E-state index in [1.54, 1.807) is 0 Å². The van der Waals surface area contributed by atoms with Crippen LogP contribution < -0.4 is 10.6 Å². The molecule has 4 rings (SSSR count). The third-order valence-electron chi connectivity index (χ3n) is 5.61. The molecule has 1 aromatic heterocycles. The minimum Gasteiger partial charge on any atom is -0.334 e. The Morgan fingerprint density at radius 2 is 2.12 bits per heavy atom. The zero-order chi connectivity index (χ0) is 18.1. The number of likely N-dealkylation sites (N-methyl/N-ethyl adjacent to an activating group) is 1. The zero-order valence-electron chi connectivity index (χ0n) is 15.4. The third-order valence-corrected chi connectivity index (χ3v) is 5.61. The minimum atomic E-state index is -0.152. The Bertz CT molecular complexity index is 801. The lowest BCUT2D eigenvalue weighted by atomic mass is 9.98. The molecule has 7 nitrogen and oxygen atoms in total. The number of aromatic nitrogens is 3. The Morgan fingerprint density at radius 1 is 1.23 bits per heavy atom. The van der Waals surface area contributed by atoms with Crippen LogP contribution in [0.15, 0.2) is 24.3 Å². The summed E-state index contributed by atoms with van der Waals surface area (Å²) in [4.78, 5) is 14.7. The maximum absolute atomic E-state index is 12.4. The van der Waals surface area contributed by atoms with Crippen LogP contribution >= 0.6 is 0 Å². The highest BCUT2D eigenvalue weighted by molar-refractivity contribution is 5.90. The fraction of sp³-hybridized carbons (Fsp3) is 0.526. The van der Waals surface area contributed by atoms with E-state index in [1.807, 2.05) is 24.3 Å². The lowest BCUT2D eigenvalue weighted by Gasteiger charge is -2.37. The number of benzene rings is 1. The van der Waals surface area contributed by atoms with Gasteiger partial charge in [0.1, 0.15) is 5.82 Å². The van der Waals surface area contributed by atoms with Gasteiger partial charge >= 0.3 is 6.03 Å². The number of fused-ring (bicyclic) bond motifs is 1. The molecule has 2 aliphatic heterocycles. The molecule has 138 valence electrons. The van der Waals surface area contributed by atoms with Crippen molar-refractivity contribution in [2.45, 2.75) is 51.2 Å². The number of likely N-dealkylation sites (tertiary alicyclic amines) is 1. The van der Waals surface area contributed by atoms with Gasteiger partial charge in [-0.1, -0.05) is 12.1 Å². The first kappa shape index (κ1) is 17.0. The molecule has 7 heteroatoms. The Balaban J connectivity index is 1.44. The molecule has 26 heavy (non-hydrogen) atoms. The Morgan fingerprint density at radius 3 is 3.00 bits per heavy atom. The van der Waals surface area contributed by atoms with Crippen LogP contribution in [0.3, 0.4) is 0 Å². The van der Waals surface area contributed by atoms with E-state index >= 15 is 0 Å². The van der Waals surface area contributed by atoms with Gasteiger partial charge in [0.05, 0.1) is 0 Å². The highest BCUT2D eigenvalue weighted by Crippen LogP contribution is 2.25. The van der Waals surface area contributed by atoms with Crippen molar-refractivity contribution in [3.05, 3.63) is 30.1 Å². The topological polar surface area (TPSA) is 75.1 Å². The summed E-state index contributed by atoms with van der Waals surface area (Å²) in [6.45, 7) is 4.21. The largest absolute Gasteiger partial charge is 0.334 e. The van der Waals surface area contributed by atoms with Gasteiger partial charge in [0.15, 0.2) is 5.82 Å². The first-order valence-corrected chi connectivity index (χ1v) is 9.42. The summed E-state index contributed by atoms with van der Waals surface area (Å²) in [6, 6.07) is 8.19. The Hall–Kier alpha value is -2.41. The number of amides is 2. The first-order chi connectivity index (χ1) is 12.6. The van der Waals surface area contributed by atoms with Crippen LogP contribution in [0.25, 0.3) is 11.4 Å². The second-order valence-corrected chi connectivity index (χ2v) is 7.34. The summed E-state index contributed by atoms with van der Waals surface area (Å²) in [6.07, 6.45) is 4.23. The number of carbonyl (C=O) groups is 1. The van der Waals surface area contributed by atoms with Crippen molar-refractivity contribution in [1.29, 1.82) is 0 Å². The fourth-order valence-corrected chi connectivity index (χ4v) is 3.94. The van der Waals surface area contributed by atoms with E-state index in [9.17, 15) is 4.79 Å². The van der Waals surface area contributed by atoms with Gasteiger partial charge in [-0.3, -0.25) is 0 Å². The smallest absolute Gasteiger partial charge is 0.319 e. The van der Waals surface area contributed by atoms with Crippen LogP contribution in [-0.2, 0) is 13.0 Å². The molecule has 0 radical (unpaired) electrons. The SMILES string of the molecule is CC1C(NC(=O)Nc2cccc(-c3nnc4n3CCC4)c2)CCCN1C. The van der Waals surface area contributed by atoms with Gasteiger partial charge in [0.2, 0.25) is 0 Å². The second-order valence-electron chi connectivity index (χ2n) is 7.34. The number of hydrogen-bond acceptors (Lipinski definition) is 4. The maximum Gasteiger partial charge on any atom is 0.319 e. The van der Waals surface area contributed by atoms with E-state index in [-0.39, 0.29) is 12.1 Å². The summed E-state index contributed by atoms with van der Waals surface area (Å²) in [5, 5.41) is 14.7. The van der Waals surface area contributed by atoms with Gasteiger partial charge < -0.3 is 20.1 Å². The highest BCUT2D eigenvalue weighted by atomic mass is 16.2. The highest BCUT2D eigenvalue weighted by Gasteiger charge is 2.26. The van der Waals surface area contributed by atoms with Crippen LogP contribution in [0.4, 0.5) is 10.5 Å². The summed E-state index contributed by atoms with van der Waals surface area (Å²) in [7, 11) is 2.11. The van der Waals surface area contributed by atoms with Crippen molar-refractivity contribution in [3.8, 4) is 11.4 Å². The van der Waals surface area contributed by atoms with Crippen molar-refractivity contribution in [3.63, 3.8) is 0 Å². The van der Waals surface area contributed by atoms with E-state index in [4.69, 9.17) is 0 Å². The molecule has 2 unspecified atom stereocenters. The van der Waals surface area contributed by atoms with Crippen LogP contribution in [0, 0.1) is 0 Å². The van der Waals surface area contributed by atoms with Crippen molar-refractivity contribution < 1.29 is 4.79 Å². The average Bonchev–Trinajstić information content (AvgIpc) is 3.22. The Kier molecular flexibility index (Phi) is 4.63. The molecular weight excluding hydrogens is 328 g/mol. The van der Waals surface area contributed by atoms with Crippen molar-refractivity contribution in [1.82, 2.24) is 25.0 Å². The predicted molar refractivity (Wildman–Crippen MR) is 101 cm³/mol. The molecule has 2 atom stereocenters. The van der Waals surface area contributed by atoms with E-state index < -0.39 is 0 Å². The number of hydrogen-bond donors (Lipinski definition) is 2. The molecule has 2 aromatic rings. The number of nitrogens with one attached hydrogen (secondary N) is 2. The van der Waals surface area contributed by atoms with Crippen LogP contribution in [-0.4, -0.2) is 51.4 Å². The number of piperidine rings is 1. The molecule has 1 fully saturated rings. The van der Waals surface area contributed by atoms with Crippen molar-refractivity contribution in [2.24, 2.45) is 0 Å². The van der Waals surface area contributed by atoms with Crippen LogP contribution in [0.5, 0.6) is 0 Å². The maximum atomic E-state index is 12.4. The molecule has 0 bridgehead atoms. The predicted octanol–water partition coefficient (Wildman–Crippen LogP) is 2.50. The summed E-state index contributed by atoms with van der Waals surface area (Å²) >= 11 is 0. The van der Waals surface area contributed by atoms with Gasteiger partial charge in [-0.25, -0.2) is 4.79 Å². The normalized spacial score (nSPS) is 22.8. The molecule has 0 aliphatic carbocycles. The van der Waals surface area contributed by atoms with E-state index in [0.29, 0.717) is 6.04 Å². The van der Waals surface area contributed by atoms with Gasteiger partial charge in [-0.05, 0) is 51.9 Å². The fourth-order valence-electron chi connectivity index (χ4n) is 3.94. The molecule has 2 amide bonds. The molecule has 2 aliphatic rings. The van der Waals surface area contributed by atoms with Gasteiger partial charge in [-0.15, -0.1) is 10.2 Å². The number of anilines is 1. The standard InChI is InChI=1S/C19H26N6O/c1-13-16(8-4-10-24(13)2)21-19(26)20-15-7-3-6-14(12-15)18-23-22-17-9-5-11-25(17)18/h3,6-7,12-13,16H,4-5,8-11H2,1-2H3,(H2,20,21,26). The lowest BCUT2D eigenvalue weighted by molar-refractivity contribution is 0.157. The Labute approximate surface area is 153 Å². The third kappa shape index (κ3) is 3.31. The zero-order valence-corrected chi connectivity index (χ0v) is 15.4. The van der Waals surface area contributed by atoms with Crippen LogP contribution in [0.2, 0.25) is 0 Å².